The predicted octanol–water partition coefficient (Wildman–Crippen LogP) is 5.70. The Morgan fingerprint density at radius 1 is 0.906 bits per heavy atom. The lowest BCUT2D eigenvalue weighted by Crippen LogP contribution is -2.10. The molecule has 3 heterocycles. The molecular formula is C24H26N4O3S. The van der Waals surface area contributed by atoms with Crippen molar-refractivity contribution in [3.8, 4) is 33.8 Å². The molecule has 0 spiro atoms. The molecule has 0 saturated heterocycles. The van der Waals surface area contributed by atoms with Crippen molar-refractivity contribution >= 4 is 10.6 Å². The van der Waals surface area contributed by atoms with Crippen LogP contribution < -0.4 is 5.32 Å². The van der Waals surface area contributed by atoms with Crippen LogP contribution in [0.5, 0.6) is 0 Å². The second-order valence-corrected chi connectivity index (χ2v) is 10.4. The zero-order chi connectivity index (χ0) is 22.7. The van der Waals surface area contributed by atoms with Gasteiger partial charge in [0, 0.05) is 46.9 Å². The fourth-order valence-electron chi connectivity index (χ4n) is 3.26. The molecule has 7 nitrogen and oxygen atoms in total. The Labute approximate surface area is 188 Å². The molecule has 32 heavy (non-hydrogen) atoms. The molecule has 4 rings (SSSR count). The second kappa shape index (κ2) is 9.22. The number of aromatic nitrogens is 3. The SMILES string of the molecule is CNCc1ccc(-c2cc(-c3cncc(-c4ccc(S(O)(O)C(C)C)cn4)c3)on2)cc1. The molecular weight excluding hydrogens is 424 g/mol. The van der Waals surface area contributed by atoms with E-state index in [2.05, 4.69) is 32.6 Å². The van der Waals surface area contributed by atoms with Gasteiger partial charge in [-0.25, -0.2) is 0 Å². The predicted molar refractivity (Wildman–Crippen MR) is 127 cm³/mol. The van der Waals surface area contributed by atoms with Crippen molar-refractivity contribution in [2.24, 2.45) is 0 Å². The Bertz CT molecular complexity index is 1190. The molecule has 1 aromatic carbocycles. The number of hydrogen-bond donors (Lipinski definition) is 3. The molecule has 3 aromatic heterocycles. The molecule has 0 atom stereocenters. The number of pyridine rings is 2. The number of nitrogens with one attached hydrogen (secondary N) is 1. The van der Waals surface area contributed by atoms with E-state index in [0.29, 0.717) is 16.3 Å². The summed E-state index contributed by atoms with van der Waals surface area (Å²) in [6.07, 6.45) is 4.94. The van der Waals surface area contributed by atoms with E-state index in [9.17, 15) is 9.11 Å². The largest absolute Gasteiger partial charge is 0.356 e. The van der Waals surface area contributed by atoms with E-state index in [4.69, 9.17) is 4.52 Å². The van der Waals surface area contributed by atoms with Crippen LogP contribution in [0.15, 0.2) is 76.5 Å². The molecule has 166 valence electrons. The molecule has 0 amide bonds. The van der Waals surface area contributed by atoms with Crippen LogP contribution in [0.4, 0.5) is 0 Å². The molecule has 0 aliphatic heterocycles. The first-order valence-corrected chi connectivity index (χ1v) is 11.9. The van der Waals surface area contributed by atoms with Gasteiger partial charge in [-0.1, -0.05) is 29.4 Å². The second-order valence-electron chi connectivity index (χ2n) is 7.79. The van der Waals surface area contributed by atoms with Gasteiger partial charge in [0.05, 0.1) is 16.8 Å². The summed E-state index contributed by atoms with van der Waals surface area (Å²) in [5, 5.41) is 7.06. The van der Waals surface area contributed by atoms with Crippen molar-refractivity contribution in [1.82, 2.24) is 20.4 Å². The van der Waals surface area contributed by atoms with Crippen molar-refractivity contribution in [3.63, 3.8) is 0 Å². The van der Waals surface area contributed by atoms with Gasteiger partial charge < -0.3 is 9.84 Å². The lowest BCUT2D eigenvalue weighted by Gasteiger charge is -2.36. The van der Waals surface area contributed by atoms with E-state index in [1.54, 1.807) is 38.4 Å². The van der Waals surface area contributed by atoms with Crippen LogP contribution in [0, 0.1) is 0 Å². The first-order valence-electron chi connectivity index (χ1n) is 10.3. The minimum Gasteiger partial charge on any atom is -0.356 e. The Morgan fingerprint density at radius 3 is 2.31 bits per heavy atom. The molecule has 0 aliphatic carbocycles. The fraction of sp³-hybridized carbons (Fsp3) is 0.208. The van der Waals surface area contributed by atoms with E-state index >= 15 is 0 Å². The number of rotatable bonds is 7. The molecule has 3 N–H and O–H groups in total. The van der Waals surface area contributed by atoms with E-state index in [1.165, 1.54) is 11.8 Å². The van der Waals surface area contributed by atoms with Gasteiger partial charge in [-0.3, -0.25) is 19.1 Å². The average molecular weight is 451 g/mol. The van der Waals surface area contributed by atoms with Gasteiger partial charge in [0.1, 0.15) is 5.69 Å². The highest BCUT2D eigenvalue weighted by atomic mass is 32.3. The minimum absolute atomic E-state index is 0.277. The summed E-state index contributed by atoms with van der Waals surface area (Å²) >= 11 is 0. The quantitative estimate of drug-likeness (QED) is 0.331. The van der Waals surface area contributed by atoms with Crippen LogP contribution >= 0.6 is 10.6 Å². The van der Waals surface area contributed by atoms with E-state index in [-0.39, 0.29) is 5.25 Å². The first-order chi connectivity index (χ1) is 15.4. The maximum absolute atomic E-state index is 10.3. The normalized spacial score (nSPS) is 12.3. The molecule has 0 radical (unpaired) electrons. The Balaban J connectivity index is 1.57. The van der Waals surface area contributed by atoms with Crippen LogP contribution in [0.3, 0.4) is 0 Å². The lowest BCUT2D eigenvalue weighted by molar-refractivity contribution is 0.435. The summed E-state index contributed by atoms with van der Waals surface area (Å²) in [5.74, 6) is 0.610. The summed E-state index contributed by atoms with van der Waals surface area (Å²) in [5.41, 5.74) is 5.19. The third-order valence-electron chi connectivity index (χ3n) is 5.20. The average Bonchev–Trinajstić information content (AvgIpc) is 3.30. The van der Waals surface area contributed by atoms with Crippen molar-refractivity contribution < 1.29 is 13.6 Å². The molecule has 0 bridgehead atoms. The summed E-state index contributed by atoms with van der Waals surface area (Å²) in [4.78, 5) is 9.17. The molecule has 0 unspecified atom stereocenters. The van der Waals surface area contributed by atoms with Gasteiger partial charge >= 0.3 is 0 Å². The summed E-state index contributed by atoms with van der Waals surface area (Å²) in [6.45, 7) is 4.37. The first kappa shape index (κ1) is 22.2. The van der Waals surface area contributed by atoms with Gasteiger partial charge in [0.15, 0.2) is 5.76 Å². The Morgan fingerprint density at radius 2 is 1.66 bits per heavy atom. The lowest BCUT2D eigenvalue weighted by atomic mass is 10.1. The van der Waals surface area contributed by atoms with Crippen LogP contribution in [0.25, 0.3) is 33.8 Å². The summed E-state index contributed by atoms with van der Waals surface area (Å²) < 4.78 is 26.2. The maximum atomic E-state index is 10.3. The Hall–Kier alpha value is -3.04. The van der Waals surface area contributed by atoms with Crippen molar-refractivity contribution in [1.29, 1.82) is 0 Å². The maximum Gasteiger partial charge on any atom is 0.169 e. The smallest absolute Gasteiger partial charge is 0.169 e. The zero-order valence-corrected chi connectivity index (χ0v) is 19.0. The van der Waals surface area contributed by atoms with Crippen LogP contribution in [0.2, 0.25) is 0 Å². The highest BCUT2D eigenvalue weighted by Crippen LogP contribution is 2.51. The van der Waals surface area contributed by atoms with Gasteiger partial charge in [-0.2, -0.15) is 10.6 Å². The molecule has 8 heteroatoms. The third-order valence-corrected chi connectivity index (χ3v) is 7.45. The highest BCUT2D eigenvalue weighted by Gasteiger charge is 2.20. The Kier molecular flexibility index (Phi) is 6.38. The van der Waals surface area contributed by atoms with Gasteiger partial charge in [0.25, 0.3) is 0 Å². The molecule has 0 saturated carbocycles. The number of nitrogens with zero attached hydrogens (tertiary/aromatic N) is 3. The molecule has 0 fully saturated rings. The highest BCUT2D eigenvalue weighted by molar-refractivity contribution is 8.24. The standard InChI is InChI=1S/C24H26N4O3S/c1-16(2)32(29,30)21-8-9-22(27-15-21)19-10-20(14-26-13-19)24-11-23(28-31-24)18-6-4-17(5-7-18)12-25-3/h4-11,13-16,25,29-30H,12H2,1-3H3. The van der Waals surface area contributed by atoms with Crippen molar-refractivity contribution in [2.45, 2.75) is 30.5 Å². The zero-order valence-electron chi connectivity index (χ0n) is 18.2. The van der Waals surface area contributed by atoms with E-state index < -0.39 is 10.6 Å². The van der Waals surface area contributed by atoms with Gasteiger partial charge in [-0.05, 0) is 44.7 Å². The van der Waals surface area contributed by atoms with Gasteiger partial charge in [-0.15, -0.1) is 0 Å². The van der Waals surface area contributed by atoms with Crippen molar-refractivity contribution in [3.05, 3.63) is 72.7 Å². The van der Waals surface area contributed by atoms with Crippen molar-refractivity contribution in [2.75, 3.05) is 7.05 Å². The number of hydrogen-bond acceptors (Lipinski definition) is 7. The minimum atomic E-state index is -2.86. The fourth-order valence-corrected chi connectivity index (χ4v) is 4.28. The van der Waals surface area contributed by atoms with Crippen LogP contribution in [-0.2, 0) is 6.54 Å². The van der Waals surface area contributed by atoms with Gasteiger partial charge in [0.2, 0.25) is 0 Å². The molecule has 4 aromatic rings. The third kappa shape index (κ3) is 4.58. The molecule has 0 aliphatic rings. The van der Waals surface area contributed by atoms with E-state index in [1.807, 2.05) is 31.3 Å². The summed E-state index contributed by atoms with van der Waals surface area (Å²) in [6, 6.07) is 15.5. The van der Waals surface area contributed by atoms with Crippen LogP contribution in [-0.4, -0.2) is 36.5 Å². The van der Waals surface area contributed by atoms with E-state index in [0.717, 1.165) is 28.9 Å². The topological polar surface area (TPSA) is 104 Å². The summed E-state index contributed by atoms with van der Waals surface area (Å²) in [7, 11) is -0.942. The monoisotopic (exact) mass is 450 g/mol. The van der Waals surface area contributed by atoms with Crippen LogP contribution in [0.1, 0.15) is 19.4 Å². The number of benzene rings is 1.